The number of nitrogens with zero attached hydrogens (tertiary/aromatic N) is 2. The van der Waals surface area contributed by atoms with Gasteiger partial charge in [-0.05, 0) is 17.5 Å². The largest absolute Gasteiger partial charge is 0.306 e. The van der Waals surface area contributed by atoms with Crippen LogP contribution in [0.5, 0.6) is 0 Å². The van der Waals surface area contributed by atoms with Gasteiger partial charge in [0.1, 0.15) is 5.82 Å². The summed E-state index contributed by atoms with van der Waals surface area (Å²) in [4.78, 5) is 19.7. The standard InChI is InChI=1S/C15H10FN3O/c16-13-9-17-6-5-12(13)15(20)19-14-7-10-3-1-2-4-11(10)8-18-14/h1-9H,(H,18,19,20). The summed E-state index contributed by atoms with van der Waals surface area (Å²) in [6.07, 6.45) is 4.03. The van der Waals surface area contributed by atoms with Crippen molar-refractivity contribution < 1.29 is 9.18 Å². The molecule has 98 valence electrons. The van der Waals surface area contributed by atoms with E-state index in [1.165, 1.54) is 12.3 Å². The third kappa shape index (κ3) is 2.33. The molecule has 1 aromatic carbocycles. The second-order valence-electron chi connectivity index (χ2n) is 4.23. The number of hydrogen-bond donors (Lipinski definition) is 1. The van der Waals surface area contributed by atoms with E-state index in [0.717, 1.165) is 17.0 Å². The number of benzene rings is 1. The van der Waals surface area contributed by atoms with Gasteiger partial charge >= 0.3 is 0 Å². The van der Waals surface area contributed by atoms with Crippen molar-refractivity contribution >= 4 is 22.5 Å². The number of nitrogens with one attached hydrogen (secondary N) is 1. The van der Waals surface area contributed by atoms with Crippen molar-refractivity contribution in [2.45, 2.75) is 0 Å². The summed E-state index contributed by atoms with van der Waals surface area (Å²) in [7, 11) is 0. The summed E-state index contributed by atoms with van der Waals surface area (Å²) < 4.78 is 13.5. The molecule has 0 aliphatic rings. The molecule has 1 amide bonds. The molecule has 0 spiro atoms. The van der Waals surface area contributed by atoms with Gasteiger partial charge in [0.25, 0.3) is 5.91 Å². The van der Waals surface area contributed by atoms with Gasteiger partial charge in [-0.1, -0.05) is 24.3 Å². The molecule has 0 fully saturated rings. The number of carbonyl (C=O) groups is 1. The molecule has 2 heterocycles. The highest BCUT2D eigenvalue weighted by Gasteiger charge is 2.12. The topological polar surface area (TPSA) is 54.9 Å². The van der Waals surface area contributed by atoms with Crippen molar-refractivity contribution in [3.63, 3.8) is 0 Å². The fraction of sp³-hybridized carbons (Fsp3) is 0. The van der Waals surface area contributed by atoms with Gasteiger partial charge in [-0.15, -0.1) is 0 Å². The van der Waals surface area contributed by atoms with Gasteiger partial charge in [-0.2, -0.15) is 0 Å². The molecule has 20 heavy (non-hydrogen) atoms. The van der Waals surface area contributed by atoms with E-state index >= 15 is 0 Å². The Balaban J connectivity index is 1.89. The monoisotopic (exact) mass is 267 g/mol. The Morgan fingerprint density at radius 3 is 2.70 bits per heavy atom. The Hall–Kier alpha value is -2.82. The van der Waals surface area contributed by atoms with E-state index in [0.29, 0.717) is 5.82 Å². The predicted molar refractivity (Wildman–Crippen MR) is 73.9 cm³/mol. The molecule has 0 unspecified atom stereocenters. The molecule has 0 atom stereocenters. The molecule has 0 radical (unpaired) electrons. The van der Waals surface area contributed by atoms with Crippen LogP contribution in [0.15, 0.2) is 55.0 Å². The number of hydrogen-bond acceptors (Lipinski definition) is 3. The van der Waals surface area contributed by atoms with Crippen molar-refractivity contribution in [3.05, 3.63) is 66.4 Å². The lowest BCUT2D eigenvalue weighted by Gasteiger charge is -2.06. The number of halogens is 1. The summed E-state index contributed by atoms with van der Waals surface area (Å²) in [5.41, 5.74) is -0.0602. The minimum Gasteiger partial charge on any atom is -0.306 e. The molecule has 0 aliphatic heterocycles. The van der Waals surface area contributed by atoms with Gasteiger partial charge in [0, 0.05) is 17.8 Å². The molecule has 3 rings (SSSR count). The molecule has 0 saturated carbocycles. The molecule has 2 aromatic heterocycles. The SMILES string of the molecule is O=C(Nc1cc2ccccc2cn1)c1ccncc1F. The average Bonchev–Trinajstić information content (AvgIpc) is 2.47. The number of amides is 1. The lowest BCUT2D eigenvalue weighted by atomic mass is 10.2. The summed E-state index contributed by atoms with van der Waals surface area (Å²) in [5, 5.41) is 4.50. The molecule has 0 bridgehead atoms. The summed E-state index contributed by atoms with van der Waals surface area (Å²) in [6.45, 7) is 0. The maximum atomic E-state index is 13.5. The lowest BCUT2D eigenvalue weighted by molar-refractivity contribution is 0.102. The normalized spacial score (nSPS) is 10.4. The van der Waals surface area contributed by atoms with E-state index in [1.54, 1.807) is 12.3 Å². The highest BCUT2D eigenvalue weighted by molar-refractivity contribution is 6.04. The first-order chi connectivity index (χ1) is 9.74. The Bertz CT molecular complexity index is 789. The highest BCUT2D eigenvalue weighted by Crippen LogP contribution is 2.17. The van der Waals surface area contributed by atoms with Crippen LogP contribution < -0.4 is 5.32 Å². The summed E-state index contributed by atoms with van der Waals surface area (Å²) >= 11 is 0. The Kier molecular flexibility index (Phi) is 3.09. The van der Waals surface area contributed by atoms with Crippen molar-refractivity contribution in [2.24, 2.45) is 0 Å². The average molecular weight is 267 g/mol. The first-order valence-corrected chi connectivity index (χ1v) is 6.00. The molecule has 0 aliphatic carbocycles. The molecular weight excluding hydrogens is 257 g/mol. The van der Waals surface area contributed by atoms with Gasteiger partial charge in [-0.3, -0.25) is 9.78 Å². The van der Waals surface area contributed by atoms with Crippen LogP contribution >= 0.6 is 0 Å². The van der Waals surface area contributed by atoms with Gasteiger partial charge < -0.3 is 5.32 Å². The number of carbonyl (C=O) groups excluding carboxylic acids is 1. The van der Waals surface area contributed by atoms with Gasteiger partial charge in [0.2, 0.25) is 0 Å². The number of fused-ring (bicyclic) bond motifs is 1. The zero-order valence-corrected chi connectivity index (χ0v) is 10.4. The predicted octanol–water partition coefficient (Wildman–Crippen LogP) is 3.02. The van der Waals surface area contributed by atoms with Gasteiger partial charge in [0.05, 0.1) is 11.8 Å². The Labute approximate surface area is 114 Å². The number of anilines is 1. The van der Waals surface area contributed by atoms with E-state index in [-0.39, 0.29) is 5.56 Å². The zero-order valence-electron chi connectivity index (χ0n) is 10.4. The molecule has 0 saturated heterocycles. The van der Waals surface area contributed by atoms with Crippen LogP contribution in [-0.4, -0.2) is 15.9 Å². The maximum absolute atomic E-state index is 13.5. The minimum absolute atomic E-state index is 0.0602. The fourth-order valence-electron chi connectivity index (χ4n) is 1.89. The summed E-state index contributed by atoms with van der Waals surface area (Å²) in [6, 6.07) is 10.7. The zero-order chi connectivity index (χ0) is 13.9. The van der Waals surface area contributed by atoms with Gasteiger partial charge in [0.15, 0.2) is 5.82 Å². The van der Waals surface area contributed by atoms with E-state index in [2.05, 4.69) is 15.3 Å². The number of aromatic nitrogens is 2. The van der Waals surface area contributed by atoms with Crippen LogP contribution in [0, 0.1) is 5.82 Å². The second-order valence-corrected chi connectivity index (χ2v) is 4.23. The van der Waals surface area contributed by atoms with Crippen molar-refractivity contribution in [1.29, 1.82) is 0 Å². The van der Waals surface area contributed by atoms with E-state index in [1.807, 2.05) is 24.3 Å². The van der Waals surface area contributed by atoms with E-state index in [4.69, 9.17) is 0 Å². The Morgan fingerprint density at radius 1 is 1.10 bits per heavy atom. The quantitative estimate of drug-likeness (QED) is 0.776. The number of rotatable bonds is 2. The van der Waals surface area contributed by atoms with E-state index in [9.17, 15) is 9.18 Å². The third-order valence-corrected chi connectivity index (χ3v) is 2.89. The summed E-state index contributed by atoms with van der Waals surface area (Å²) in [5.74, 6) is -0.830. The van der Waals surface area contributed by atoms with Crippen LogP contribution in [0.3, 0.4) is 0 Å². The van der Waals surface area contributed by atoms with E-state index < -0.39 is 11.7 Å². The molecule has 5 heteroatoms. The highest BCUT2D eigenvalue weighted by atomic mass is 19.1. The van der Waals surface area contributed by atoms with Crippen LogP contribution in [0.25, 0.3) is 10.8 Å². The lowest BCUT2D eigenvalue weighted by Crippen LogP contribution is -2.14. The third-order valence-electron chi connectivity index (χ3n) is 2.89. The van der Waals surface area contributed by atoms with Crippen LogP contribution in [0.1, 0.15) is 10.4 Å². The maximum Gasteiger partial charge on any atom is 0.259 e. The second kappa shape index (κ2) is 5.05. The van der Waals surface area contributed by atoms with Crippen molar-refractivity contribution in [1.82, 2.24) is 9.97 Å². The minimum atomic E-state index is -0.661. The Morgan fingerprint density at radius 2 is 1.90 bits per heavy atom. The van der Waals surface area contributed by atoms with Crippen LogP contribution in [0.2, 0.25) is 0 Å². The molecule has 1 N–H and O–H groups in total. The number of pyridine rings is 2. The van der Waals surface area contributed by atoms with Crippen LogP contribution in [0.4, 0.5) is 10.2 Å². The molecular formula is C15H10FN3O. The molecule has 4 nitrogen and oxygen atoms in total. The van der Waals surface area contributed by atoms with Crippen molar-refractivity contribution in [3.8, 4) is 0 Å². The van der Waals surface area contributed by atoms with Gasteiger partial charge in [-0.25, -0.2) is 9.37 Å². The first kappa shape index (κ1) is 12.2. The fourth-order valence-corrected chi connectivity index (χ4v) is 1.89. The van der Waals surface area contributed by atoms with Crippen molar-refractivity contribution in [2.75, 3.05) is 5.32 Å². The smallest absolute Gasteiger partial charge is 0.259 e. The van der Waals surface area contributed by atoms with Crippen LogP contribution in [-0.2, 0) is 0 Å². The molecule has 3 aromatic rings. The first-order valence-electron chi connectivity index (χ1n) is 6.00.